The Morgan fingerprint density at radius 3 is 2.18 bits per heavy atom. The van der Waals surface area contributed by atoms with Crippen LogP contribution in [0.4, 0.5) is 0 Å². The van der Waals surface area contributed by atoms with Crippen molar-refractivity contribution in [1.29, 1.82) is 0 Å². The highest BCUT2D eigenvalue weighted by Gasteiger charge is 2.35. The molecule has 28 heavy (non-hydrogen) atoms. The van der Waals surface area contributed by atoms with Gasteiger partial charge in [-0.2, -0.15) is 0 Å². The van der Waals surface area contributed by atoms with Gasteiger partial charge in [0.25, 0.3) is 0 Å². The van der Waals surface area contributed by atoms with Crippen LogP contribution in [0.3, 0.4) is 0 Å². The molecule has 2 unspecified atom stereocenters. The summed E-state index contributed by atoms with van der Waals surface area (Å²) in [7, 11) is 0. The average molecular weight is 374 g/mol. The van der Waals surface area contributed by atoms with E-state index in [2.05, 4.69) is 4.90 Å². The molecule has 0 N–H and O–H groups in total. The first kappa shape index (κ1) is 17.5. The number of carbonyl (C=O) groups is 1. The van der Waals surface area contributed by atoms with Crippen LogP contribution in [0.15, 0.2) is 53.3 Å². The predicted molar refractivity (Wildman–Crippen MR) is 112 cm³/mol. The molecule has 1 amide bonds. The van der Waals surface area contributed by atoms with E-state index < -0.39 is 0 Å². The van der Waals surface area contributed by atoms with Crippen molar-refractivity contribution in [1.82, 2.24) is 9.47 Å². The second-order valence-electron chi connectivity index (χ2n) is 8.29. The minimum atomic E-state index is 0.0419. The summed E-state index contributed by atoms with van der Waals surface area (Å²) in [5, 5.41) is 1.37. The highest BCUT2D eigenvalue weighted by molar-refractivity contribution is 5.94. The Morgan fingerprint density at radius 1 is 0.857 bits per heavy atom. The van der Waals surface area contributed by atoms with E-state index in [0.717, 1.165) is 30.4 Å². The molecule has 144 valence electrons. The molecule has 2 atom stereocenters. The molecule has 0 radical (unpaired) electrons. The van der Waals surface area contributed by atoms with Gasteiger partial charge in [-0.1, -0.05) is 37.1 Å². The molecule has 1 aliphatic heterocycles. The molecular weight excluding hydrogens is 348 g/mol. The molecule has 0 bridgehead atoms. The van der Waals surface area contributed by atoms with Crippen molar-refractivity contribution in [3.63, 3.8) is 0 Å². The van der Waals surface area contributed by atoms with Crippen molar-refractivity contribution >= 4 is 27.7 Å². The molecule has 1 saturated heterocycles. The lowest BCUT2D eigenvalue weighted by Gasteiger charge is -2.44. The van der Waals surface area contributed by atoms with Crippen LogP contribution in [0, 0.1) is 5.92 Å². The molecule has 4 nitrogen and oxygen atoms in total. The summed E-state index contributed by atoms with van der Waals surface area (Å²) in [5.41, 5.74) is 1.73. The Labute approximate surface area is 164 Å². The van der Waals surface area contributed by atoms with Crippen LogP contribution < -0.4 is 5.43 Å². The average Bonchev–Trinajstić information content (AvgIpc) is 2.76. The van der Waals surface area contributed by atoms with Crippen LogP contribution >= 0.6 is 0 Å². The van der Waals surface area contributed by atoms with Gasteiger partial charge in [0.1, 0.15) is 6.54 Å². The molecular formula is C24H26N2O2. The summed E-state index contributed by atoms with van der Waals surface area (Å²) < 4.78 is 2.04. The molecule has 3 aromatic rings. The smallest absolute Gasteiger partial charge is 0.242 e. The van der Waals surface area contributed by atoms with Crippen LogP contribution in [0.5, 0.6) is 0 Å². The van der Waals surface area contributed by atoms with Gasteiger partial charge in [-0.15, -0.1) is 0 Å². The van der Waals surface area contributed by atoms with Crippen molar-refractivity contribution in [2.45, 2.75) is 51.1 Å². The van der Waals surface area contributed by atoms with Crippen LogP contribution in [-0.2, 0) is 11.3 Å². The largest absolute Gasteiger partial charge is 0.338 e. The second-order valence-corrected chi connectivity index (χ2v) is 8.29. The number of aromatic nitrogens is 1. The first-order valence-electron chi connectivity index (χ1n) is 10.5. The Kier molecular flexibility index (Phi) is 4.42. The highest BCUT2D eigenvalue weighted by Crippen LogP contribution is 2.35. The zero-order valence-corrected chi connectivity index (χ0v) is 16.1. The number of carbonyl (C=O) groups excluding carboxylic acids is 1. The van der Waals surface area contributed by atoms with E-state index in [1.807, 2.05) is 53.1 Å². The topological polar surface area (TPSA) is 42.3 Å². The monoisotopic (exact) mass is 374 g/mol. The molecule has 2 aliphatic rings. The van der Waals surface area contributed by atoms with E-state index in [4.69, 9.17) is 0 Å². The number of fused-ring (bicyclic) bond motifs is 3. The number of piperidine rings is 1. The standard InChI is InChI=1S/C24H26N2O2/c27-23(25-15-7-9-17-8-1-4-12-20(17)25)16-26-21-13-5-2-10-18(21)24(28)19-11-3-6-14-22(19)26/h2-3,5-6,10-11,13-14,17,20H,1,4,7-9,12,15-16H2. The fourth-order valence-electron chi connectivity index (χ4n) is 5.41. The van der Waals surface area contributed by atoms with Gasteiger partial charge in [0.2, 0.25) is 5.91 Å². The van der Waals surface area contributed by atoms with Crippen molar-refractivity contribution < 1.29 is 4.79 Å². The molecule has 2 fully saturated rings. The third-order valence-corrected chi connectivity index (χ3v) is 6.74. The summed E-state index contributed by atoms with van der Waals surface area (Å²) in [5.74, 6) is 0.865. The van der Waals surface area contributed by atoms with E-state index in [0.29, 0.717) is 29.3 Å². The Hall–Kier alpha value is -2.62. The second kappa shape index (κ2) is 7.08. The first-order chi connectivity index (χ1) is 13.7. The molecule has 1 aromatic heterocycles. The number of pyridine rings is 1. The lowest BCUT2D eigenvalue weighted by molar-refractivity contribution is -0.138. The summed E-state index contributed by atoms with van der Waals surface area (Å²) >= 11 is 0. The molecule has 4 heteroatoms. The fraction of sp³-hybridized carbons (Fsp3) is 0.417. The number of likely N-dealkylation sites (tertiary alicyclic amines) is 1. The number of hydrogen-bond donors (Lipinski definition) is 0. The van der Waals surface area contributed by atoms with Gasteiger partial charge >= 0.3 is 0 Å². The SMILES string of the molecule is O=C(Cn1c2ccccc2c(=O)c2ccccc21)N1CCCC2CCCCC21. The number of para-hydroxylation sites is 2. The maximum absolute atomic E-state index is 13.4. The zero-order chi connectivity index (χ0) is 19.1. The van der Waals surface area contributed by atoms with Crippen LogP contribution in [0.1, 0.15) is 38.5 Å². The van der Waals surface area contributed by atoms with Gasteiger partial charge in [0, 0.05) is 23.4 Å². The van der Waals surface area contributed by atoms with Crippen molar-refractivity contribution in [3.05, 3.63) is 58.8 Å². The first-order valence-corrected chi connectivity index (χ1v) is 10.5. The van der Waals surface area contributed by atoms with Gasteiger partial charge in [-0.25, -0.2) is 0 Å². The van der Waals surface area contributed by atoms with Crippen molar-refractivity contribution in [2.24, 2.45) is 5.92 Å². The van der Waals surface area contributed by atoms with Gasteiger partial charge in [0.15, 0.2) is 5.43 Å². The van der Waals surface area contributed by atoms with Crippen LogP contribution in [-0.4, -0.2) is 28.0 Å². The fourth-order valence-corrected chi connectivity index (χ4v) is 5.41. The highest BCUT2D eigenvalue weighted by atomic mass is 16.2. The normalized spacial score (nSPS) is 22.4. The number of hydrogen-bond acceptors (Lipinski definition) is 2. The zero-order valence-electron chi connectivity index (χ0n) is 16.1. The predicted octanol–water partition coefficient (Wildman–Crippen LogP) is 4.34. The van der Waals surface area contributed by atoms with Crippen molar-refractivity contribution in [2.75, 3.05) is 6.54 Å². The Morgan fingerprint density at radius 2 is 1.46 bits per heavy atom. The van der Waals surface area contributed by atoms with E-state index in [9.17, 15) is 9.59 Å². The van der Waals surface area contributed by atoms with E-state index >= 15 is 0 Å². The maximum Gasteiger partial charge on any atom is 0.242 e. The molecule has 5 rings (SSSR count). The van der Waals surface area contributed by atoms with E-state index in [-0.39, 0.29) is 11.3 Å². The number of amides is 1. The third kappa shape index (κ3) is 2.83. The van der Waals surface area contributed by atoms with Gasteiger partial charge in [0.05, 0.1) is 11.0 Å². The maximum atomic E-state index is 13.4. The number of benzene rings is 2. The molecule has 2 heterocycles. The molecule has 1 aliphatic carbocycles. The van der Waals surface area contributed by atoms with Gasteiger partial charge in [-0.05, 0) is 55.9 Å². The quantitative estimate of drug-likeness (QED) is 0.627. The summed E-state index contributed by atoms with van der Waals surface area (Å²) in [6.45, 7) is 1.17. The number of rotatable bonds is 2. The lowest BCUT2D eigenvalue weighted by atomic mass is 9.78. The summed E-state index contributed by atoms with van der Waals surface area (Å²) in [4.78, 5) is 28.5. The van der Waals surface area contributed by atoms with Crippen LogP contribution in [0.2, 0.25) is 0 Å². The lowest BCUT2D eigenvalue weighted by Crippen LogP contribution is -2.50. The molecule has 0 spiro atoms. The summed E-state index contributed by atoms with van der Waals surface area (Å²) in [6, 6.07) is 15.7. The number of nitrogens with zero attached hydrogens (tertiary/aromatic N) is 2. The molecule has 2 aromatic carbocycles. The minimum absolute atomic E-state index is 0.0419. The Bertz CT molecular complexity index is 1040. The van der Waals surface area contributed by atoms with Crippen LogP contribution in [0.25, 0.3) is 21.8 Å². The van der Waals surface area contributed by atoms with E-state index in [1.54, 1.807) is 0 Å². The third-order valence-electron chi connectivity index (χ3n) is 6.74. The molecule has 1 saturated carbocycles. The van der Waals surface area contributed by atoms with Gasteiger partial charge in [-0.3, -0.25) is 9.59 Å². The van der Waals surface area contributed by atoms with E-state index in [1.165, 1.54) is 25.7 Å². The minimum Gasteiger partial charge on any atom is -0.338 e. The van der Waals surface area contributed by atoms with Gasteiger partial charge < -0.3 is 9.47 Å². The summed E-state index contributed by atoms with van der Waals surface area (Å²) in [6.07, 6.45) is 7.31. The van der Waals surface area contributed by atoms with Crippen molar-refractivity contribution in [3.8, 4) is 0 Å². The Balaban J connectivity index is 1.58.